The van der Waals surface area contributed by atoms with Gasteiger partial charge in [0.2, 0.25) is 0 Å². The van der Waals surface area contributed by atoms with Crippen LogP contribution in [-0.2, 0) is 6.42 Å². The first-order chi connectivity index (χ1) is 8.33. The van der Waals surface area contributed by atoms with E-state index in [-0.39, 0.29) is 0 Å². The molecule has 17 heavy (non-hydrogen) atoms. The molecule has 0 aliphatic heterocycles. The summed E-state index contributed by atoms with van der Waals surface area (Å²) in [6.07, 6.45) is 3.91. The van der Waals surface area contributed by atoms with Crippen LogP contribution in [-0.4, -0.2) is 39.5 Å². The normalized spacial score (nSPS) is 11.5. The van der Waals surface area contributed by atoms with E-state index in [0.29, 0.717) is 0 Å². The second kappa shape index (κ2) is 5.77. The van der Waals surface area contributed by atoms with E-state index in [0.717, 1.165) is 49.5 Å². The lowest BCUT2D eigenvalue weighted by Gasteiger charge is -2.16. The Morgan fingerprint density at radius 2 is 2.12 bits per heavy atom. The zero-order chi connectivity index (χ0) is 12.1. The van der Waals surface area contributed by atoms with Crippen LogP contribution >= 0.6 is 0 Å². The molecule has 4 heteroatoms. The average Bonchev–Trinajstić information content (AvgIpc) is 2.77. The Bertz CT molecular complexity index is 426. The van der Waals surface area contributed by atoms with Crippen LogP contribution in [0.5, 0.6) is 0 Å². The molecule has 4 nitrogen and oxygen atoms in total. The third-order valence-corrected chi connectivity index (χ3v) is 3.09. The topological polar surface area (TPSA) is 44.8 Å². The Labute approximate surface area is 102 Å². The predicted molar refractivity (Wildman–Crippen MR) is 70.0 cm³/mol. The van der Waals surface area contributed by atoms with E-state index < -0.39 is 0 Å². The zero-order valence-corrected chi connectivity index (χ0v) is 10.6. The van der Waals surface area contributed by atoms with Crippen molar-refractivity contribution in [1.82, 2.24) is 19.9 Å². The number of hydrogen-bond donors (Lipinski definition) is 1. The first-order valence-corrected chi connectivity index (χ1v) is 6.35. The third-order valence-electron chi connectivity index (χ3n) is 3.09. The molecule has 2 aromatic rings. The van der Waals surface area contributed by atoms with Crippen molar-refractivity contribution in [3.05, 3.63) is 24.2 Å². The van der Waals surface area contributed by atoms with Crippen molar-refractivity contribution in [1.29, 1.82) is 0 Å². The van der Waals surface area contributed by atoms with Gasteiger partial charge in [0.1, 0.15) is 5.82 Å². The standard InChI is InChI=1S/C13H20N4/c1-3-17(4-2)10-6-8-12-15-11-7-5-9-14-13(11)16-12/h5,7,9H,3-4,6,8,10H2,1-2H3,(H,14,15,16). The number of rotatable bonds is 6. The highest BCUT2D eigenvalue weighted by molar-refractivity contribution is 5.69. The summed E-state index contributed by atoms with van der Waals surface area (Å²) in [7, 11) is 0. The van der Waals surface area contributed by atoms with Crippen molar-refractivity contribution in [2.24, 2.45) is 0 Å². The van der Waals surface area contributed by atoms with Gasteiger partial charge in [0.25, 0.3) is 0 Å². The third kappa shape index (κ3) is 3.03. The molecule has 0 aliphatic carbocycles. The number of hydrogen-bond acceptors (Lipinski definition) is 3. The van der Waals surface area contributed by atoms with Crippen molar-refractivity contribution in [3.63, 3.8) is 0 Å². The number of aromatic nitrogens is 3. The van der Waals surface area contributed by atoms with E-state index in [1.54, 1.807) is 6.20 Å². The molecule has 2 aromatic heterocycles. The van der Waals surface area contributed by atoms with E-state index in [2.05, 4.69) is 33.7 Å². The van der Waals surface area contributed by atoms with Crippen molar-refractivity contribution >= 4 is 11.2 Å². The molecule has 0 bridgehead atoms. The second-order valence-electron chi connectivity index (χ2n) is 4.19. The molecule has 2 heterocycles. The number of aromatic amines is 1. The van der Waals surface area contributed by atoms with Crippen molar-refractivity contribution in [2.75, 3.05) is 19.6 Å². The van der Waals surface area contributed by atoms with Crippen LogP contribution in [0.4, 0.5) is 0 Å². The van der Waals surface area contributed by atoms with Crippen molar-refractivity contribution in [2.45, 2.75) is 26.7 Å². The monoisotopic (exact) mass is 232 g/mol. The fourth-order valence-corrected chi connectivity index (χ4v) is 2.02. The minimum absolute atomic E-state index is 0.824. The fraction of sp³-hybridized carbons (Fsp3) is 0.538. The van der Waals surface area contributed by atoms with Crippen LogP contribution in [0.15, 0.2) is 18.3 Å². The maximum Gasteiger partial charge on any atom is 0.177 e. The van der Waals surface area contributed by atoms with E-state index >= 15 is 0 Å². The molecule has 0 saturated heterocycles. The number of pyridine rings is 1. The number of nitrogens with zero attached hydrogens (tertiary/aromatic N) is 3. The summed E-state index contributed by atoms with van der Waals surface area (Å²) in [5.41, 5.74) is 1.86. The Morgan fingerprint density at radius 3 is 2.82 bits per heavy atom. The Hall–Kier alpha value is -1.42. The summed E-state index contributed by atoms with van der Waals surface area (Å²) in [6, 6.07) is 3.95. The lowest BCUT2D eigenvalue weighted by molar-refractivity contribution is 0.299. The molecule has 92 valence electrons. The smallest absolute Gasteiger partial charge is 0.177 e. The molecule has 0 unspecified atom stereocenters. The van der Waals surface area contributed by atoms with Gasteiger partial charge in [-0.1, -0.05) is 13.8 Å². The molecule has 0 amide bonds. The Balaban J connectivity index is 1.90. The number of fused-ring (bicyclic) bond motifs is 1. The van der Waals surface area contributed by atoms with Crippen molar-refractivity contribution < 1.29 is 0 Å². The van der Waals surface area contributed by atoms with Gasteiger partial charge in [-0.15, -0.1) is 0 Å². The van der Waals surface area contributed by atoms with Crippen LogP contribution in [0.25, 0.3) is 11.2 Å². The highest BCUT2D eigenvalue weighted by atomic mass is 15.1. The molecule has 0 aliphatic rings. The van der Waals surface area contributed by atoms with Crippen LogP contribution in [0.1, 0.15) is 26.1 Å². The average molecular weight is 232 g/mol. The summed E-state index contributed by atoms with van der Waals surface area (Å²) in [6.45, 7) is 7.79. The molecule has 0 radical (unpaired) electrons. The molecule has 0 spiro atoms. The second-order valence-corrected chi connectivity index (χ2v) is 4.19. The highest BCUT2D eigenvalue weighted by Gasteiger charge is 2.04. The molecular formula is C13H20N4. The summed E-state index contributed by atoms with van der Waals surface area (Å²) in [4.78, 5) is 14.4. The number of aryl methyl sites for hydroxylation is 1. The molecule has 0 atom stereocenters. The van der Waals surface area contributed by atoms with E-state index in [4.69, 9.17) is 0 Å². The van der Waals surface area contributed by atoms with Gasteiger partial charge in [0.05, 0.1) is 5.52 Å². The fourth-order valence-electron chi connectivity index (χ4n) is 2.02. The SMILES string of the molecule is CCN(CC)CCCc1nc2ncccc2[nH]1. The van der Waals surface area contributed by atoms with Gasteiger partial charge in [0.15, 0.2) is 5.65 Å². The quantitative estimate of drug-likeness (QED) is 0.830. The lowest BCUT2D eigenvalue weighted by Crippen LogP contribution is -2.24. The van der Waals surface area contributed by atoms with Gasteiger partial charge < -0.3 is 9.88 Å². The van der Waals surface area contributed by atoms with Crippen LogP contribution in [0.3, 0.4) is 0 Å². The molecule has 2 rings (SSSR count). The minimum atomic E-state index is 0.824. The van der Waals surface area contributed by atoms with E-state index in [9.17, 15) is 0 Å². The molecule has 0 fully saturated rings. The van der Waals surface area contributed by atoms with Gasteiger partial charge >= 0.3 is 0 Å². The van der Waals surface area contributed by atoms with E-state index in [1.165, 1.54) is 0 Å². The molecular weight excluding hydrogens is 212 g/mol. The van der Waals surface area contributed by atoms with Crippen LogP contribution in [0.2, 0.25) is 0 Å². The van der Waals surface area contributed by atoms with Gasteiger partial charge in [0, 0.05) is 12.6 Å². The Morgan fingerprint density at radius 1 is 1.29 bits per heavy atom. The highest BCUT2D eigenvalue weighted by Crippen LogP contribution is 2.08. The van der Waals surface area contributed by atoms with Crippen molar-refractivity contribution in [3.8, 4) is 0 Å². The van der Waals surface area contributed by atoms with Gasteiger partial charge in [-0.25, -0.2) is 9.97 Å². The maximum absolute atomic E-state index is 4.48. The Kier molecular flexibility index (Phi) is 4.09. The summed E-state index contributed by atoms with van der Waals surface area (Å²) < 4.78 is 0. The van der Waals surface area contributed by atoms with Crippen LogP contribution in [0, 0.1) is 0 Å². The molecule has 1 N–H and O–H groups in total. The summed E-state index contributed by atoms with van der Waals surface area (Å²) in [5, 5.41) is 0. The number of imidazole rings is 1. The molecule has 0 saturated carbocycles. The maximum atomic E-state index is 4.48. The number of H-pyrrole nitrogens is 1. The van der Waals surface area contributed by atoms with Gasteiger partial charge in [-0.2, -0.15) is 0 Å². The predicted octanol–water partition coefficient (Wildman–Crippen LogP) is 2.23. The summed E-state index contributed by atoms with van der Waals surface area (Å²) >= 11 is 0. The van der Waals surface area contributed by atoms with Crippen LogP contribution < -0.4 is 0 Å². The van der Waals surface area contributed by atoms with E-state index in [1.807, 2.05) is 12.1 Å². The van der Waals surface area contributed by atoms with Gasteiger partial charge in [-0.05, 0) is 38.2 Å². The summed E-state index contributed by atoms with van der Waals surface area (Å²) in [5.74, 6) is 1.05. The zero-order valence-electron chi connectivity index (χ0n) is 10.6. The largest absolute Gasteiger partial charge is 0.341 e. The molecule has 0 aromatic carbocycles. The lowest BCUT2D eigenvalue weighted by atomic mass is 10.3. The number of nitrogens with one attached hydrogen (secondary N) is 1. The first-order valence-electron chi connectivity index (χ1n) is 6.35. The first kappa shape index (κ1) is 12.0. The minimum Gasteiger partial charge on any atom is -0.341 e. The van der Waals surface area contributed by atoms with Gasteiger partial charge in [-0.3, -0.25) is 0 Å².